The number of nitrogens with zero attached hydrogens (tertiary/aromatic N) is 1. The maximum Gasteiger partial charge on any atom is 0.354 e. The number of benzene rings is 2. The predicted molar refractivity (Wildman–Crippen MR) is 109 cm³/mol. The first kappa shape index (κ1) is 18.1. The number of fused-ring (bicyclic) bond motifs is 1. The van der Waals surface area contributed by atoms with Crippen molar-refractivity contribution in [2.75, 3.05) is 7.11 Å². The summed E-state index contributed by atoms with van der Waals surface area (Å²) < 4.78 is 11.8. The molecule has 0 aliphatic heterocycles. The van der Waals surface area contributed by atoms with Crippen LogP contribution in [-0.2, 0) is 0 Å². The van der Waals surface area contributed by atoms with Gasteiger partial charge in [-0.15, -0.1) is 0 Å². The van der Waals surface area contributed by atoms with Gasteiger partial charge in [0.05, 0.1) is 18.5 Å². The molecule has 7 heteroatoms. The van der Waals surface area contributed by atoms with Gasteiger partial charge in [-0.1, -0.05) is 36.4 Å². The first-order valence-electron chi connectivity index (χ1n) is 8.32. The Balaban J connectivity index is 2.18. The van der Waals surface area contributed by atoms with Crippen molar-refractivity contribution in [3.05, 3.63) is 85.9 Å². The smallest absolute Gasteiger partial charge is 0.354 e. The molecule has 6 nitrogen and oxygen atoms in total. The second kappa shape index (κ2) is 7.01. The van der Waals surface area contributed by atoms with E-state index >= 15 is 0 Å². The van der Waals surface area contributed by atoms with Gasteiger partial charge >= 0.3 is 5.63 Å². The molecule has 0 spiro atoms. The SMILES string of the molecule is COc1cccc(-n2c(-c3ccccc3)cc3oc(=O)c(Br)c(O)c3c2=O)c1. The molecule has 0 radical (unpaired) electrons. The van der Waals surface area contributed by atoms with E-state index in [9.17, 15) is 14.7 Å². The van der Waals surface area contributed by atoms with Crippen LogP contribution in [0.3, 0.4) is 0 Å². The van der Waals surface area contributed by atoms with Crippen LogP contribution in [0.25, 0.3) is 27.9 Å². The van der Waals surface area contributed by atoms with E-state index in [1.54, 1.807) is 30.3 Å². The number of hydrogen-bond donors (Lipinski definition) is 1. The Morgan fingerprint density at radius 2 is 1.79 bits per heavy atom. The lowest BCUT2D eigenvalue weighted by molar-refractivity contribution is 0.414. The maximum atomic E-state index is 13.4. The van der Waals surface area contributed by atoms with Crippen LogP contribution in [0.4, 0.5) is 0 Å². The summed E-state index contributed by atoms with van der Waals surface area (Å²) in [4.78, 5) is 25.3. The highest BCUT2D eigenvalue weighted by molar-refractivity contribution is 9.10. The average Bonchev–Trinajstić information content (AvgIpc) is 2.72. The Morgan fingerprint density at radius 3 is 2.50 bits per heavy atom. The third kappa shape index (κ3) is 2.90. The van der Waals surface area contributed by atoms with Crippen molar-refractivity contribution in [3.8, 4) is 28.4 Å². The van der Waals surface area contributed by atoms with E-state index in [1.807, 2.05) is 30.3 Å². The standard InChI is InChI=1S/C21H14BrNO5/c1-27-14-9-5-8-13(10-14)23-15(12-6-3-2-4-7-12)11-16-17(20(23)25)19(24)18(22)21(26)28-16/h2-11,24H,1H3. The van der Waals surface area contributed by atoms with Gasteiger partial charge in [-0.3, -0.25) is 9.36 Å². The highest BCUT2D eigenvalue weighted by Gasteiger charge is 2.20. The molecule has 1 N–H and O–H groups in total. The molecule has 4 rings (SSSR count). The Kier molecular flexibility index (Phi) is 4.52. The predicted octanol–water partition coefficient (Wildman–Crippen LogP) is 4.09. The number of pyridine rings is 1. The van der Waals surface area contributed by atoms with Crippen molar-refractivity contribution in [2.45, 2.75) is 0 Å². The molecule has 0 amide bonds. The highest BCUT2D eigenvalue weighted by atomic mass is 79.9. The van der Waals surface area contributed by atoms with Crippen molar-refractivity contribution in [1.29, 1.82) is 0 Å². The molecule has 0 aliphatic rings. The fourth-order valence-electron chi connectivity index (χ4n) is 3.06. The second-order valence-corrected chi connectivity index (χ2v) is 6.82. The van der Waals surface area contributed by atoms with Crippen LogP contribution in [0.1, 0.15) is 0 Å². The van der Waals surface area contributed by atoms with Crippen LogP contribution < -0.4 is 15.9 Å². The Labute approximate surface area is 167 Å². The fourth-order valence-corrected chi connectivity index (χ4v) is 3.34. The minimum absolute atomic E-state index is 0.00805. The molecule has 2 aromatic carbocycles. The molecule has 0 saturated carbocycles. The summed E-state index contributed by atoms with van der Waals surface area (Å²) in [5.74, 6) is 0.126. The number of methoxy groups -OCH3 is 1. The Morgan fingerprint density at radius 1 is 1.04 bits per heavy atom. The lowest BCUT2D eigenvalue weighted by Gasteiger charge is -2.15. The second-order valence-electron chi connectivity index (χ2n) is 6.03. The first-order chi connectivity index (χ1) is 13.5. The van der Waals surface area contributed by atoms with Crippen LogP contribution in [0.15, 0.2) is 79.1 Å². The van der Waals surface area contributed by atoms with E-state index in [-0.39, 0.29) is 15.4 Å². The van der Waals surface area contributed by atoms with Crippen LogP contribution >= 0.6 is 15.9 Å². The summed E-state index contributed by atoms with van der Waals surface area (Å²) in [5.41, 5.74) is 0.528. The van der Waals surface area contributed by atoms with E-state index in [0.29, 0.717) is 17.1 Å². The normalized spacial score (nSPS) is 10.9. The van der Waals surface area contributed by atoms with E-state index in [1.165, 1.54) is 11.7 Å². The van der Waals surface area contributed by atoms with Crippen molar-refractivity contribution in [1.82, 2.24) is 4.57 Å². The summed E-state index contributed by atoms with van der Waals surface area (Å²) >= 11 is 2.98. The summed E-state index contributed by atoms with van der Waals surface area (Å²) in [6, 6.07) is 17.8. The lowest BCUT2D eigenvalue weighted by Crippen LogP contribution is -2.21. The number of hydrogen-bond acceptors (Lipinski definition) is 5. The van der Waals surface area contributed by atoms with E-state index < -0.39 is 16.9 Å². The summed E-state index contributed by atoms with van der Waals surface area (Å²) in [6.07, 6.45) is 0. The topological polar surface area (TPSA) is 81.7 Å². The zero-order valence-corrected chi connectivity index (χ0v) is 16.3. The maximum absolute atomic E-state index is 13.4. The summed E-state index contributed by atoms with van der Waals surface area (Å²) in [6.45, 7) is 0. The van der Waals surface area contributed by atoms with Gasteiger partial charge in [0.15, 0.2) is 5.75 Å². The number of halogens is 1. The zero-order valence-electron chi connectivity index (χ0n) is 14.7. The molecule has 2 aromatic heterocycles. The average molecular weight is 440 g/mol. The lowest BCUT2D eigenvalue weighted by atomic mass is 10.1. The van der Waals surface area contributed by atoms with Crippen molar-refractivity contribution >= 4 is 26.9 Å². The molecule has 0 atom stereocenters. The quantitative estimate of drug-likeness (QED) is 0.519. The monoisotopic (exact) mass is 439 g/mol. The molecule has 0 unspecified atom stereocenters. The van der Waals surface area contributed by atoms with Crippen LogP contribution in [0, 0.1) is 0 Å². The molecule has 0 bridgehead atoms. The third-order valence-electron chi connectivity index (χ3n) is 4.38. The molecule has 0 saturated heterocycles. The molecule has 0 fully saturated rings. The Hall–Kier alpha value is -3.32. The van der Waals surface area contributed by atoms with E-state index in [0.717, 1.165) is 5.56 Å². The van der Waals surface area contributed by atoms with Gasteiger partial charge in [-0.25, -0.2) is 4.79 Å². The van der Waals surface area contributed by atoms with Gasteiger partial charge in [0.1, 0.15) is 21.2 Å². The minimum Gasteiger partial charge on any atom is -0.506 e. The van der Waals surface area contributed by atoms with Gasteiger partial charge in [0, 0.05) is 12.1 Å². The molecule has 4 aromatic rings. The minimum atomic E-state index is -0.762. The molecular formula is C21H14BrNO5. The third-order valence-corrected chi connectivity index (χ3v) is 5.08. The highest BCUT2D eigenvalue weighted by Crippen LogP contribution is 2.31. The Bertz CT molecular complexity index is 1310. The first-order valence-corrected chi connectivity index (χ1v) is 9.11. The van der Waals surface area contributed by atoms with Gasteiger partial charge in [-0.2, -0.15) is 0 Å². The van der Waals surface area contributed by atoms with Gasteiger partial charge in [-0.05, 0) is 33.6 Å². The van der Waals surface area contributed by atoms with Gasteiger partial charge < -0.3 is 14.3 Å². The van der Waals surface area contributed by atoms with Crippen LogP contribution in [0.5, 0.6) is 11.5 Å². The molecule has 140 valence electrons. The molecule has 2 heterocycles. The fraction of sp³-hybridized carbons (Fsp3) is 0.0476. The molecule has 0 aliphatic carbocycles. The van der Waals surface area contributed by atoms with Crippen LogP contribution in [-0.4, -0.2) is 16.8 Å². The van der Waals surface area contributed by atoms with Crippen molar-refractivity contribution in [2.24, 2.45) is 0 Å². The van der Waals surface area contributed by atoms with Crippen LogP contribution in [0.2, 0.25) is 0 Å². The van der Waals surface area contributed by atoms with Crippen molar-refractivity contribution < 1.29 is 14.3 Å². The summed E-state index contributed by atoms with van der Waals surface area (Å²) in [7, 11) is 1.54. The van der Waals surface area contributed by atoms with E-state index in [4.69, 9.17) is 9.15 Å². The number of aromatic hydroxyl groups is 1. The molecule has 28 heavy (non-hydrogen) atoms. The summed E-state index contributed by atoms with van der Waals surface area (Å²) in [5, 5.41) is 10.3. The number of rotatable bonds is 3. The molecular weight excluding hydrogens is 426 g/mol. The van der Waals surface area contributed by atoms with Gasteiger partial charge in [0.25, 0.3) is 5.56 Å². The zero-order chi connectivity index (χ0) is 19.8. The number of aromatic nitrogens is 1. The van der Waals surface area contributed by atoms with Crippen molar-refractivity contribution in [3.63, 3.8) is 0 Å². The van der Waals surface area contributed by atoms with Gasteiger partial charge in [0.2, 0.25) is 0 Å². The van der Waals surface area contributed by atoms with E-state index in [2.05, 4.69) is 15.9 Å². The largest absolute Gasteiger partial charge is 0.506 e. The number of ether oxygens (including phenoxy) is 1.